The summed E-state index contributed by atoms with van der Waals surface area (Å²) in [5, 5.41) is 35.4. The number of rotatable bonds is 7. The number of pyridine rings is 1. The van der Waals surface area contributed by atoms with Gasteiger partial charge in [-0.15, -0.1) is 0 Å². The highest BCUT2D eigenvalue weighted by Gasteiger charge is 2.23. The van der Waals surface area contributed by atoms with Crippen molar-refractivity contribution in [2.75, 3.05) is 11.9 Å². The number of aliphatic hydroxyl groups is 2. The fraction of sp³-hybridized carbons (Fsp3) is 0.136. The molecule has 0 bridgehead atoms. The van der Waals surface area contributed by atoms with Crippen LogP contribution in [0.2, 0.25) is 0 Å². The summed E-state index contributed by atoms with van der Waals surface area (Å²) in [4.78, 5) is 23.6. The van der Waals surface area contributed by atoms with Gasteiger partial charge >= 0.3 is 0 Å². The normalized spacial score (nSPS) is 13.0. The van der Waals surface area contributed by atoms with Gasteiger partial charge in [-0.3, -0.25) is 15.1 Å². The number of hydrogen-bond acceptors (Lipinski definition) is 8. The van der Waals surface area contributed by atoms with E-state index in [1.54, 1.807) is 18.5 Å². The third-order valence-corrected chi connectivity index (χ3v) is 4.87. The van der Waals surface area contributed by atoms with Crippen molar-refractivity contribution >= 4 is 22.4 Å². The standard InChI is InChI=1S/C22H19N5O4/c28-13-19(20(29)14-7-9-16(10-8-14)27(30)31)25-22-17-5-1-2-6-18(17)24-21(26-22)15-4-3-11-23-12-15/h1-12,19-20,28-29H,13H2,(H,24,25,26)/t19-,20+/m1/s1. The van der Waals surface area contributed by atoms with Crippen molar-refractivity contribution in [2.24, 2.45) is 0 Å². The van der Waals surface area contributed by atoms with Crippen molar-refractivity contribution in [3.63, 3.8) is 0 Å². The van der Waals surface area contributed by atoms with Gasteiger partial charge in [-0.05, 0) is 42.0 Å². The number of aromatic nitrogens is 3. The van der Waals surface area contributed by atoms with Crippen LogP contribution in [-0.4, -0.2) is 42.7 Å². The Bertz CT molecular complexity index is 1200. The van der Waals surface area contributed by atoms with Gasteiger partial charge < -0.3 is 15.5 Å². The van der Waals surface area contributed by atoms with Crippen molar-refractivity contribution in [2.45, 2.75) is 12.1 Å². The molecule has 3 N–H and O–H groups in total. The smallest absolute Gasteiger partial charge is 0.269 e. The van der Waals surface area contributed by atoms with Crippen LogP contribution in [0.15, 0.2) is 73.1 Å². The molecule has 4 aromatic rings. The van der Waals surface area contributed by atoms with Crippen molar-refractivity contribution in [3.05, 3.63) is 88.7 Å². The molecule has 0 unspecified atom stereocenters. The van der Waals surface area contributed by atoms with E-state index in [1.807, 2.05) is 30.3 Å². The van der Waals surface area contributed by atoms with Crippen LogP contribution in [0.1, 0.15) is 11.7 Å². The minimum Gasteiger partial charge on any atom is -0.394 e. The lowest BCUT2D eigenvalue weighted by Crippen LogP contribution is -2.31. The summed E-state index contributed by atoms with van der Waals surface area (Å²) in [5.41, 5.74) is 1.78. The molecule has 4 rings (SSSR count). The predicted molar refractivity (Wildman–Crippen MR) is 115 cm³/mol. The first kappa shape index (κ1) is 20.3. The molecule has 0 amide bonds. The minimum atomic E-state index is -1.12. The summed E-state index contributed by atoms with van der Waals surface area (Å²) in [5.74, 6) is 0.903. The molecule has 2 atom stereocenters. The third kappa shape index (κ3) is 4.32. The van der Waals surface area contributed by atoms with Gasteiger partial charge in [0.1, 0.15) is 11.9 Å². The second-order valence-electron chi connectivity index (χ2n) is 6.88. The number of fused-ring (bicyclic) bond motifs is 1. The molecule has 0 aliphatic rings. The average molecular weight is 417 g/mol. The first-order valence-corrected chi connectivity index (χ1v) is 9.54. The van der Waals surface area contributed by atoms with E-state index < -0.39 is 23.7 Å². The fourth-order valence-electron chi connectivity index (χ4n) is 3.24. The molecule has 156 valence electrons. The summed E-state index contributed by atoms with van der Waals surface area (Å²) in [7, 11) is 0. The number of para-hydroxylation sites is 1. The molecule has 0 aliphatic heterocycles. The van der Waals surface area contributed by atoms with E-state index in [9.17, 15) is 20.3 Å². The fourth-order valence-corrected chi connectivity index (χ4v) is 3.24. The molecule has 9 nitrogen and oxygen atoms in total. The molecule has 2 aromatic carbocycles. The van der Waals surface area contributed by atoms with Gasteiger partial charge in [-0.25, -0.2) is 9.97 Å². The molecule has 0 radical (unpaired) electrons. The molecule has 2 aromatic heterocycles. The van der Waals surface area contributed by atoms with Crippen LogP contribution in [-0.2, 0) is 0 Å². The van der Waals surface area contributed by atoms with E-state index in [2.05, 4.69) is 20.3 Å². The summed E-state index contributed by atoms with van der Waals surface area (Å²) in [6.45, 7) is -0.390. The Hall–Kier alpha value is -3.95. The van der Waals surface area contributed by atoms with Crippen LogP contribution < -0.4 is 5.32 Å². The Morgan fingerprint density at radius 2 is 1.81 bits per heavy atom. The van der Waals surface area contributed by atoms with Crippen LogP contribution in [0.3, 0.4) is 0 Å². The molecule has 0 spiro atoms. The number of nitro groups is 1. The van der Waals surface area contributed by atoms with Crippen molar-refractivity contribution < 1.29 is 15.1 Å². The second kappa shape index (κ2) is 8.82. The maximum atomic E-state index is 10.9. The van der Waals surface area contributed by atoms with E-state index in [-0.39, 0.29) is 5.69 Å². The van der Waals surface area contributed by atoms with E-state index in [0.29, 0.717) is 22.7 Å². The largest absolute Gasteiger partial charge is 0.394 e. The lowest BCUT2D eigenvalue weighted by molar-refractivity contribution is -0.384. The number of aliphatic hydroxyl groups excluding tert-OH is 2. The number of nitrogens with one attached hydrogen (secondary N) is 1. The molecule has 0 aliphatic carbocycles. The first-order valence-electron chi connectivity index (χ1n) is 9.54. The summed E-state index contributed by atoms with van der Waals surface area (Å²) >= 11 is 0. The van der Waals surface area contributed by atoms with Crippen molar-refractivity contribution in [1.29, 1.82) is 0 Å². The van der Waals surface area contributed by atoms with E-state index in [0.717, 1.165) is 10.9 Å². The zero-order valence-corrected chi connectivity index (χ0v) is 16.3. The lowest BCUT2D eigenvalue weighted by Gasteiger charge is -2.24. The maximum absolute atomic E-state index is 10.9. The summed E-state index contributed by atoms with van der Waals surface area (Å²) in [6.07, 6.45) is 2.19. The van der Waals surface area contributed by atoms with Crippen LogP contribution in [0.25, 0.3) is 22.3 Å². The number of nitrogens with zero attached hydrogens (tertiary/aromatic N) is 4. The molecule has 0 saturated carbocycles. The quantitative estimate of drug-likeness (QED) is 0.308. The highest BCUT2D eigenvalue weighted by atomic mass is 16.6. The van der Waals surface area contributed by atoms with Crippen LogP contribution in [0, 0.1) is 10.1 Å². The number of hydrogen-bond donors (Lipinski definition) is 3. The van der Waals surface area contributed by atoms with Gasteiger partial charge in [0, 0.05) is 35.5 Å². The Balaban J connectivity index is 1.69. The Morgan fingerprint density at radius 3 is 2.48 bits per heavy atom. The number of nitro benzene ring substituents is 1. The first-order chi connectivity index (χ1) is 15.1. The van der Waals surface area contributed by atoms with Crippen LogP contribution in [0.5, 0.6) is 0 Å². The van der Waals surface area contributed by atoms with Crippen molar-refractivity contribution in [1.82, 2.24) is 15.0 Å². The highest BCUT2D eigenvalue weighted by Crippen LogP contribution is 2.28. The Kier molecular flexibility index (Phi) is 5.78. The van der Waals surface area contributed by atoms with Gasteiger partial charge in [0.2, 0.25) is 0 Å². The molecule has 2 heterocycles. The van der Waals surface area contributed by atoms with Crippen LogP contribution in [0.4, 0.5) is 11.5 Å². The average Bonchev–Trinajstić information content (AvgIpc) is 2.82. The van der Waals surface area contributed by atoms with Gasteiger partial charge in [-0.2, -0.15) is 0 Å². The molecule has 9 heteroatoms. The summed E-state index contributed by atoms with van der Waals surface area (Å²) in [6, 6.07) is 15.8. The Morgan fingerprint density at radius 1 is 1.03 bits per heavy atom. The van der Waals surface area contributed by atoms with Gasteiger partial charge in [0.25, 0.3) is 5.69 Å². The third-order valence-electron chi connectivity index (χ3n) is 4.87. The van der Waals surface area contributed by atoms with Gasteiger partial charge in [0.15, 0.2) is 5.82 Å². The highest BCUT2D eigenvalue weighted by molar-refractivity contribution is 5.90. The molecule has 31 heavy (non-hydrogen) atoms. The Labute approximate surface area is 177 Å². The molecular weight excluding hydrogens is 398 g/mol. The zero-order chi connectivity index (χ0) is 21.8. The molecule has 0 fully saturated rings. The van der Waals surface area contributed by atoms with Gasteiger partial charge in [0.05, 0.1) is 23.1 Å². The van der Waals surface area contributed by atoms with E-state index in [1.165, 1.54) is 24.3 Å². The number of anilines is 1. The maximum Gasteiger partial charge on any atom is 0.269 e. The van der Waals surface area contributed by atoms with E-state index >= 15 is 0 Å². The second-order valence-corrected chi connectivity index (χ2v) is 6.88. The minimum absolute atomic E-state index is 0.0765. The topological polar surface area (TPSA) is 134 Å². The van der Waals surface area contributed by atoms with Crippen molar-refractivity contribution in [3.8, 4) is 11.4 Å². The monoisotopic (exact) mass is 417 g/mol. The number of benzene rings is 2. The van der Waals surface area contributed by atoms with Crippen LogP contribution >= 0.6 is 0 Å². The molecular formula is C22H19N5O4. The zero-order valence-electron chi connectivity index (χ0n) is 16.3. The molecule has 0 saturated heterocycles. The lowest BCUT2D eigenvalue weighted by atomic mass is 10.0. The predicted octanol–water partition coefficient (Wildman–Crippen LogP) is 3.11. The van der Waals surface area contributed by atoms with E-state index in [4.69, 9.17) is 0 Å². The summed E-state index contributed by atoms with van der Waals surface area (Å²) < 4.78 is 0. The van der Waals surface area contributed by atoms with Gasteiger partial charge in [-0.1, -0.05) is 12.1 Å². The number of non-ortho nitro benzene ring substituents is 1. The SMILES string of the molecule is O=[N+]([O-])c1ccc([C@H](O)[C@@H](CO)Nc2nc(-c3cccnc3)nc3ccccc23)cc1.